The molecule has 0 aromatic heterocycles. The van der Waals surface area contributed by atoms with Crippen LogP contribution in [0.4, 0.5) is 4.79 Å². The predicted octanol–water partition coefficient (Wildman–Crippen LogP) is 3.96. The van der Waals surface area contributed by atoms with Crippen molar-refractivity contribution in [3.05, 3.63) is 23.8 Å². The molecule has 0 radical (unpaired) electrons. The largest absolute Gasteiger partial charge is 0.508 e. The summed E-state index contributed by atoms with van der Waals surface area (Å²) in [5.74, 6) is -1.17. The number of amides is 3. The zero-order valence-corrected chi connectivity index (χ0v) is 16.2. The molecule has 0 saturated heterocycles. The van der Waals surface area contributed by atoms with Crippen LogP contribution in [0.2, 0.25) is 0 Å². The van der Waals surface area contributed by atoms with E-state index in [9.17, 15) is 19.8 Å². The van der Waals surface area contributed by atoms with E-state index in [2.05, 4.69) is 23.1 Å². The lowest BCUT2D eigenvalue weighted by Gasteiger charge is -2.10. The van der Waals surface area contributed by atoms with Crippen molar-refractivity contribution in [1.82, 2.24) is 16.2 Å². The van der Waals surface area contributed by atoms with Crippen molar-refractivity contribution in [3.63, 3.8) is 0 Å². The maximum atomic E-state index is 11.8. The van der Waals surface area contributed by atoms with Crippen molar-refractivity contribution < 1.29 is 19.8 Å². The van der Waals surface area contributed by atoms with Crippen LogP contribution in [0.25, 0.3) is 0 Å². The monoisotopic (exact) mass is 379 g/mol. The molecule has 1 aromatic rings. The summed E-state index contributed by atoms with van der Waals surface area (Å²) in [5, 5.41) is 21.5. The third-order valence-electron chi connectivity index (χ3n) is 4.33. The lowest BCUT2D eigenvalue weighted by Crippen LogP contribution is -2.47. The van der Waals surface area contributed by atoms with Crippen LogP contribution in [0.5, 0.6) is 11.5 Å². The van der Waals surface area contributed by atoms with E-state index in [-0.39, 0.29) is 17.1 Å². The lowest BCUT2D eigenvalue weighted by molar-refractivity contribution is 0.0933. The fourth-order valence-corrected chi connectivity index (χ4v) is 2.75. The van der Waals surface area contributed by atoms with Crippen LogP contribution in [0, 0.1) is 0 Å². The van der Waals surface area contributed by atoms with Crippen LogP contribution >= 0.6 is 0 Å². The smallest absolute Gasteiger partial charge is 0.333 e. The molecule has 5 N–H and O–H groups in total. The molecular weight excluding hydrogens is 346 g/mol. The minimum Gasteiger partial charge on any atom is -0.508 e. The molecule has 0 unspecified atom stereocenters. The molecule has 0 aliphatic rings. The standard InChI is InChI=1S/C20H33N3O4/c1-2-3-4-5-6-7-8-9-10-11-14-21-20(27)23-22-19(26)17-13-12-16(24)15-18(17)25/h12-13,15,24-25H,2-11,14H2,1H3,(H,22,26)(H2,21,23,27). The Morgan fingerprint density at radius 1 is 0.852 bits per heavy atom. The van der Waals surface area contributed by atoms with Gasteiger partial charge >= 0.3 is 6.03 Å². The van der Waals surface area contributed by atoms with Gasteiger partial charge in [-0.3, -0.25) is 10.2 Å². The summed E-state index contributed by atoms with van der Waals surface area (Å²) in [7, 11) is 0. The molecule has 3 amide bonds. The van der Waals surface area contributed by atoms with E-state index >= 15 is 0 Å². The lowest BCUT2D eigenvalue weighted by atomic mass is 10.1. The summed E-state index contributed by atoms with van der Waals surface area (Å²) in [6.45, 7) is 2.77. The fraction of sp³-hybridized carbons (Fsp3) is 0.600. The van der Waals surface area contributed by atoms with E-state index in [1.807, 2.05) is 0 Å². The molecule has 1 rings (SSSR count). The maximum absolute atomic E-state index is 11.8. The summed E-state index contributed by atoms with van der Waals surface area (Å²) >= 11 is 0. The highest BCUT2D eigenvalue weighted by Crippen LogP contribution is 2.22. The van der Waals surface area contributed by atoms with Gasteiger partial charge in [0.1, 0.15) is 11.5 Å². The highest BCUT2D eigenvalue weighted by atomic mass is 16.3. The number of phenolic OH excluding ortho intramolecular Hbond substituents is 2. The van der Waals surface area contributed by atoms with E-state index in [0.29, 0.717) is 6.54 Å². The Morgan fingerprint density at radius 3 is 2.04 bits per heavy atom. The highest BCUT2D eigenvalue weighted by molar-refractivity contribution is 5.97. The first-order valence-corrected chi connectivity index (χ1v) is 9.90. The molecule has 0 heterocycles. The molecule has 7 heteroatoms. The number of unbranched alkanes of at least 4 members (excludes halogenated alkanes) is 9. The molecular formula is C20H33N3O4. The zero-order chi connectivity index (χ0) is 19.9. The van der Waals surface area contributed by atoms with Crippen LogP contribution in [-0.4, -0.2) is 28.7 Å². The van der Waals surface area contributed by atoms with Gasteiger partial charge in [0.05, 0.1) is 5.56 Å². The normalized spacial score (nSPS) is 10.4. The summed E-state index contributed by atoms with van der Waals surface area (Å²) < 4.78 is 0. The van der Waals surface area contributed by atoms with Gasteiger partial charge in [-0.15, -0.1) is 0 Å². The van der Waals surface area contributed by atoms with Crippen LogP contribution in [0.1, 0.15) is 81.5 Å². The van der Waals surface area contributed by atoms with E-state index in [1.165, 1.54) is 63.5 Å². The number of hydrazine groups is 1. The zero-order valence-electron chi connectivity index (χ0n) is 16.2. The molecule has 0 aliphatic carbocycles. The van der Waals surface area contributed by atoms with Crippen molar-refractivity contribution in [2.75, 3.05) is 6.54 Å². The average molecular weight is 380 g/mol. The fourth-order valence-electron chi connectivity index (χ4n) is 2.75. The molecule has 0 spiro atoms. The van der Waals surface area contributed by atoms with E-state index in [4.69, 9.17) is 0 Å². The Kier molecular flexibility index (Phi) is 11.5. The number of hydrogen-bond acceptors (Lipinski definition) is 4. The summed E-state index contributed by atoms with van der Waals surface area (Å²) in [6, 6.07) is 3.10. The third kappa shape index (κ3) is 10.3. The van der Waals surface area contributed by atoms with Crippen molar-refractivity contribution in [2.24, 2.45) is 0 Å². The number of urea groups is 1. The Bertz CT molecular complexity index is 578. The molecule has 0 aliphatic heterocycles. The Labute approximate surface area is 161 Å². The van der Waals surface area contributed by atoms with Crippen LogP contribution in [0.3, 0.4) is 0 Å². The second-order valence-electron chi connectivity index (χ2n) is 6.72. The van der Waals surface area contributed by atoms with Gasteiger partial charge in [-0.25, -0.2) is 10.2 Å². The van der Waals surface area contributed by atoms with Crippen LogP contribution in [0.15, 0.2) is 18.2 Å². The third-order valence-corrected chi connectivity index (χ3v) is 4.33. The molecule has 7 nitrogen and oxygen atoms in total. The van der Waals surface area contributed by atoms with Gasteiger partial charge in [0.25, 0.3) is 5.91 Å². The van der Waals surface area contributed by atoms with Gasteiger partial charge in [-0.05, 0) is 18.6 Å². The second kappa shape index (κ2) is 13.7. The SMILES string of the molecule is CCCCCCCCCCCCNC(=O)NNC(=O)c1ccc(O)cc1O. The number of benzene rings is 1. The van der Waals surface area contributed by atoms with Gasteiger partial charge in [-0.1, -0.05) is 64.7 Å². The number of nitrogens with one attached hydrogen (secondary N) is 3. The Hall–Kier alpha value is -2.44. The van der Waals surface area contributed by atoms with Crippen LogP contribution in [-0.2, 0) is 0 Å². The van der Waals surface area contributed by atoms with E-state index in [1.54, 1.807) is 0 Å². The first-order chi connectivity index (χ1) is 13.0. The molecule has 0 atom stereocenters. The second-order valence-corrected chi connectivity index (χ2v) is 6.72. The van der Waals surface area contributed by atoms with Gasteiger partial charge in [0, 0.05) is 12.6 Å². The molecule has 0 saturated carbocycles. The van der Waals surface area contributed by atoms with Crippen molar-refractivity contribution in [3.8, 4) is 11.5 Å². The molecule has 27 heavy (non-hydrogen) atoms. The summed E-state index contributed by atoms with van der Waals surface area (Å²) in [5.41, 5.74) is 4.40. The maximum Gasteiger partial charge on any atom is 0.333 e. The number of carbonyl (C=O) groups is 2. The van der Waals surface area contributed by atoms with Gasteiger partial charge in [-0.2, -0.15) is 0 Å². The summed E-state index contributed by atoms with van der Waals surface area (Å²) in [4.78, 5) is 23.5. The van der Waals surface area contributed by atoms with Gasteiger partial charge in [0.2, 0.25) is 0 Å². The topological polar surface area (TPSA) is 111 Å². The molecule has 1 aromatic carbocycles. The quantitative estimate of drug-likeness (QED) is 0.279. The van der Waals surface area contributed by atoms with Crippen molar-refractivity contribution in [2.45, 2.75) is 71.1 Å². The molecule has 0 fully saturated rings. The Morgan fingerprint density at radius 2 is 1.44 bits per heavy atom. The first kappa shape index (κ1) is 22.6. The van der Waals surface area contributed by atoms with Crippen LogP contribution < -0.4 is 16.2 Å². The highest BCUT2D eigenvalue weighted by Gasteiger charge is 2.12. The Balaban J connectivity index is 2.02. The minimum absolute atomic E-state index is 0.0391. The van der Waals surface area contributed by atoms with Gasteiger partial charge < -0.3 is 15.5 Å². The number of aromatic hydroxyl groups is 2. The van der Waals surface area contributed by atoms with Crippen molar-refractivity contribution in [1.29, 1.82) is 0 Å². The van der Waals surface area contributed by atoms with E-state index in [0.717, 1.165) is 18.9 Å². The summed E-state index contributed by atoms with van der Waals surface area (Å²) in [6.07, 6.45) is 12.3. The molecule has 152 valence electrons. The van der Waals surface area contributed by atoms with Gasteiger partial charge in [0.15, 0.2) is 0 Å². The first-order valence-electron chi connectivity index (χ1n) is 9.90. The number of carbonyl (C=O) groups excluding carboxylic acids is 2. The minimum atomic E-state index is -0.665. The predicted molar refractivity (Wildman–Crippen MR) is 106 cm³/mol. The van der Waals surface area contributed by atoms with E-state index < -0.39 is 11.9 Å². The molecule has 0 bridgehead atoms. The number of hydrogen-bond donors (Lipinski definition) is 5. The van der Waals surface area contributed by atoms with Crippen molar-refractivity contribution >= 4 is 11.9 Å². The average Bonchev–Trinajstić information content (AvgIpc) is 2.64. The number of rotatable bonds is 12. The number of phenols is 2.